The van der Waals surface area contributed by atoms with Gasteiger partial charge >= 0.3 is 0 Å². The van der Waals surface area contributed by atoms with Gasteiger partial charge in [-0.15, -0.1) is 0 Å². The molecule has 56 heavy (non-hydrogen) atoms. The molecule has 8 rings (SSSR count). The Hall–Kier alpha value is -1.16. The third-order valence-electron chi connectivity index (χ3n) is 16.6. The highest BCUT2D eigenvalue weighted by Crippen LogP contribution is 2.70. The van der Waals surface area contributed by atoms with E-state index in [0.717, 1.165) is 38.5 Å². The van der Waals surface area contributed by atoms with Crippen molar-refractivity contribution in [2.45, 2.75) is 198 Å². The number of ether oxygens (including phenoxy) is 8. The molecule has 0 amide bonds. The van der Waals surface area contributed by atoms with Crippen LogP contribution in [0.15, 0.2) is 24.0 Å². The van der Waals surface area contributed by atoms with Crippen LogP contribution >= 0.6 is 0 Å². The topological polar surface area (TPSA) is 155 Å². The Kier molecular flexibility index (Phi) is 11.7. The van der Waals surface area contributed by atoms with Gasteiger partial charge in [-0.3, -0.25) is 0 Å². The Labute approximate surface area is 333 Å². The first-order valence-corrected chi connectivity index (χ1v) is 21.8. The van der Waals surface area contributed by atoms with Gasteiger partial charge in [0.15, 0.2) is 18.9 Å². The summed E-state index contributed by atoms with van der Waals surface area (Å²) in [6.45, 7) is 16.9. The number of hydrogen-bond acceptors (Lipinski definition) is 12. The summed E-state index contributed by atoms with van der Waals surface area (Å²) in [5.74, 6) is 1.69. The van der Waals surface area contributed by atoms with Gasteiger partial charge in [0.05, 0.1) is 54.4 Å². The molecule has 0 spiro atoms. The molecule has 4 heterocycles. The van der Waals surface area contributed by atoms with Gasteiger partial charge in [0, 0.05) is 31.8 Å². The number of allylic oxidation sites excluding steroid dienone is 1. The third kappa shape index (κ3) is 7.06. The van der Waals surface area contributed by atoms with Crippen LogP contribution in [0.2, 0.25) is 0 Å². The Balaban J connectivity index is 0.832. The molecule has 21 atom stereocenters. The summed E-state index contributed by atoms with van der Waals surface area (Å²) in [5.41, 5.74) is -0.338. The molecule has 318 valence electrons. The average molecular weight is 791 g/mol. The van der Waals surface area contributed by atoms with Crippen molar-refractivity contribution in [3.05, 3.63) is 24.0 Å². The summed E-state index contributed by atoms with van der Waals surface area (Å²) in [4.78, 5) is 0. The fourth-order valence-electron chi connectivity index (χ4n) is 13.5. The molecule has 0 radical (unpaired) electrons. The molecule has 4 aliphatic carbocycles. The Bertz CT molecular complexity index is 1420. The lowest BCUT2D eigenvalue weighted by atomic mass is 9.42. The maximum Gasteiger partial charge on any atom is 0.161 e. The minimum atomic E-state index is -0.914. The second-order valence-electron chi connectivity index (χ2n) is 19.6. The number of aliphatic hydroxyl groups excluding tert-OH is 3. The molecular formula is C44H70O12. The number of fused-ring (bicyclic) bond motifs is 5. The molecule has 8 aliphatic rings. The molecule has 7 fully saturated rings. The summed E-state index contributed by atoms with van der Waals surface area (Å²) in [6, 6.07) is 0. The lowest BCUT2D eigenvalue weighted by Crippen LogP contribution is -2.67. The monoisotopic (exact) mass is 790 g/mol. The second kappa shape index (κ2) is 15.7. The zero-order chi connectivity index (χ0) is 39.9. The highest BCUT2D eigenvalue weighted by Gasteiger charge is 2.71. The Morgan fingerprint density at radius 1 is 0.714 bits per heavy atom. The van der Waals surface area contributed by atoms with Crippen LogP contribution in [0.25, 0.3) is 0 Å². The smallest absolute Gasteiger partial charge is 0.161 e. The van der Waals surface area contributed by atoms with Crippen molar-refractivity contribution >= 4 is 0 Å². The fourth-order valence-corrected chi connectivity index (χ4v) is 13.5. The van der Waals surface area contributed by atoms with Crippen molar-refractivity contribution in [3.63, 3.8) is 0 Å². The third-order valence-corrected chi connectivity index (χ3v) is 16.6. The maximum atomic E-state index is 12.7. The summed E-state index contributed by atoms with van der Waals surface area (Å²) >= 11 is 0. The summed E-state index contributed by atoms with van der Waals surface area (Å²) in [6.07, 6.45) is 4.51. The summed E-state index contributed by atoms with van der Waals surface area (Å²) in [7, 11) is 1.58. The van der Waals surface area contributed by atoms with Crippen molar-refractivity contribution in [1.82, 2.24) is 0 Å². The van der Waals surface area contributed by atoms with E-state index in [1.807, 2.05) is 26.8 Å². The minimum Gasteiger partial charge on any atom is -0.490 e. The van der Waals surface area contributed by atoms with Crippen molar-refractivity contribution < 1.29 is 58.3 Å². The highest BCUT2D eigenvalue weighted by molar-refractivity contribution is 5.32. The molecule has 0 aromatic rings. The van der Waals surface area contributed by atoms with E-state index < -0.39 is 60.4 Å². The number of methoxy groups -OCH3 is 1. The molecule has 0 aromatic heterocycles. The molecule has 0 bridgehead atoms. The van der Waals surface area contributed by atoms with Crippen LogP contribution in [0.4, 0.5) is 0 Å². The van der Waals surface area contributed by atoms with Gasteiger partial charge in [-0.1, -0.05) is 27.4 Å². The Morgan fingerprint density at radius 2 is 1.34 bits per heavy atom. The molecule has 3 saturated heterocycles. The van der Waals surface area contributed by atoms with Gasteiger partial charge in [-0.25, -0.2) is 0 Å². The van der Waals surface area contributed by atoms with Crippen LogP contribution < -0.4 is 0 Å². The fraction of sp³-hybridized carbons (Fsp3) is 0.909. The largest absolute Gasteiger partial charge is 0.490 e. The number of rotatable bonds is 8. The quantitative estimate of drug-likeness (QED) is 0.241. The molecule has 12 nitrogen and oxygen atoms in total. The second-order valence-corrected chi connectivity index (χ2v) is 19.6. The van der Waals surface area contributed by atoms with Crippen molar-refractivity contribution in [1.29, 1.82) is 0 Å². The SMILES string of the molecule is C=C1C=C([C@@H]2CCC3(O)C4CCC5CC(O[C@H]6C[C@H](O)C(OC7C[C@H](C)C(OC8C[C@@H](O)[C@@H](OC)[C@@H](C)O8)[C@@H](C)O7)[C@@H](C)O6)CC[C@]5(C)C4CC(O)[C@]23C)CO1. The standard InChI is InChI=1S/C44H70O12/c1-22-15-36(51-24(3)39(22)55-38-19-33(45)40(49-8)25(4)52-38)56-41-26(5)53-37(20-34(41)46)54-29-11-13-42(6)28(17-29)9-10-31-32(42)18-35(47)43(7)30(12-14-44(31,43)48)27-16-23(2)50-21-27/h16,22,24-26,28-41,45-48H,2,9-15,17-21H2,1,3-8H3/t22-,24+,25+,26+,28?,29?,30-,31?,32?,33+,34-,35?,36?,37-,38?,39?,40-,41?,42-,43-,44?/m0/s1. The molecule has 4 aliphatic heterocycles. The molecule has 4 saturated carbocycles. The first kappa shape index (κ1) is 41.6. The van der Waals surface area contributed by atoms with E-state index in [1.165, 1.54) is 5.57 Å². The van der Waals surface area contributed by atoms with Crippen LogP contribution in [0.3, 0.4) is 0 Å². The van der Waals surface area contributed by atoms with Crippen LogP contribution in [0.1, 0.15) is 112 Å². The molecule has 0 aromatic carbocycles. The number of aliphatic hydroxyl groups is 4. The summed E-state index contributed by atoms with van der Waals surface area (Å²) < 4.78 is 49.2. The molecule has 12 heteroatoms. The van der Waals surface area contributed by atoms with Crippen molar-refractivity contribution in [3.8, 4) is 0 Å². The number of hydrogen-bond donors (Lipinski definition) is 4. The van der Waals surface area contributed by atoms with Crippen molar-refractivity contribution in [2.24, 2.45) is 40.4 Å². The van der Waals surface area contributed by atoms with Gasteiger partial charge in [-0.05, 0) is 119 Å². The molecule has 10 unspecified atom stereocenters. The lowest BCUT2D eigenvalue weighted by molar-refractivity contribution is -0.331. The van der Waals surface area contributed by atoms with Crippen LogP contribution in [0.5, 0.6) is 0 Å². The van der Waals surface area contributed by atoms with E-state index in [1.54, 1.807) is 7.11 Å². The van der Waals surface area contributed by atoms with Crippen LogP contribution in [0, 0.1) is 40.4 Å². The van der Waals surface area contributed by atoms with E-state index >= 15 is 0 Å². The molecule has 4 N–H and O–H groups in total. The van der Waals surface area contributed by atoms with Gasteiger partial charge in [0.25, 0.3) is 0 Å². The van der Waals surface area contributed by atoms with Gasteiger partial charge in [-0.2, -0.15) is 0 Å². The predicted molar refractivity (Wildman–Crippen MR) is 205 cm³/mol. The summed E-state index contributed by atoms with van der Waals surface area (Å²) in [5, 5.41) is 46.5. The zero-order valence-electron chi connectivity index (χ0n) is 34.7. The first-order chi connectivity index (χ1) is 26.5. The first-order valence-electron chi connectivity index (χ1n) is 21.8. The predicted octanol–water partition coefficient (Wildman–Crippen LogP) is 5.13. The van der Waals surface area contributed by atoms with E-state index in [-0.39, 0.29) is 59.6 Å². The maximum absolute atomic E-state index is 12.7. The Morgan fingerprint density at radius 3 is 1.96 bits per heavy atom. The highest BCUT2D eigenvalue weighted by atomic mass is 16.7. The van der Waals surface area contributed by atoms with Crippen LogP contribution in [-0.4, -0.2) is 120 Å². The van der Waals surface area contributed by atoms with E-state index in [0.29, 0.717) is 50.4 Å². The van der Waals surface area contributed by atoms with E-state index in [4.69, 9.17) is 37.9 Å². The van der Waals surface area contributed by atoms with Gasteiger partial charge < -0.3 is 58.3 Å². The van der Waals surface area contributed by atoms with Crippen LogP contribution in [-0.2, 0) is 37.9 Å². The minimum absolute atomic E-state index is 0.0105. The van der Waals surface area contributed by atoms with E-state index in [2.05, 4.69) is 27.4 Å². The van der Waals surface area contributed by atoms with Gasteiger partial charge in [0.2, 0.25) is 0 Å². The molecular weight excluding hydrogens is 720 g/mol. The normalized spacial score (nSPS) is 54.8. The van der Waals surface area contributed by atoms with Crippen molar-refractivity contribution in [2.75, 3.05) is 13.7 Å². The zero-order valence-corrected chi connectivity index (χ0v) is 34.7. The lowest BCUT2D eigenvalue weighted by Gasteiger charge is -2.65. The average Bonchev–Trinajstić information content (AvgIpc) is 3.68. The van der Waals surface area contributed by atoms with Gasteiger partial charge in [0.1, 0.15) is 24.6 Å². The van der Waals surface area contributed by atoms with E-state index in [9.17, 15) is 20.4 Å².